The van der Waals surface area contributed by atoms with E-state index in [4.69, 9.17) is 0 Å². The van der Waals surface area contributed by atoms with Gasteiger partial charge in [-0.05, 0) is 17.9 Å². The van der Waals surface area contributed by atoms with Gasteiger partial charge in [-0.2, -0.15) is 5.10 Å². The molecule has 13 heavy (non-hydrogen) atoms. The number of hydrogen-bond acceptors (Lipinski definition) is 1. The zero-order valence-corrected chi connectivity index (χ0v) is 8.71. The summed E-state index contributed by atoms with van der Waals surface area (Å²) in [5.41, 5.74) is 1.24. The van der Waals surface area contributed by atoms with Crippen LogP contribution in [0.15, 0.2) is 12.4 Å². The van der Waals surface area contributed by atoms with E-state index in [1.165, 1.54) is 0 Å². The van der Waals surface area contributed by atoms with E-state index in [9.17, 15) is 4.39 Å². The fourth-order valence-corrected chi connectivity index (χ4v) is 1.11. The highest BCUT2D eigenvalue weighted by Crippen LogP contribution is 2.20. The van der Waals surface area contributed by atoms with Gasteiger partial charge in [0.15, 0.2) is 0 Å². The number of rotatable bonds is 2. The van der Waals surface area contributed by atoms with Crippen LogP contribution < -0.4 is 0 Å². The molecule has 74 valence electrons. The average Bonchev–Trinajstić information content (AvgIpc) is 2.32. The van der Waals surface area contributed by atoms with Gasteiger partial charge < -0.3 is 0 Å². The number of halogens is 1. The minimum Gasteiger partial charge on any atom is -0.270 e. The smallest absolute Gasteiger partial charge is 0.117 e. The van der Waals surface area contributed by atoms with Crippen LogP contribution in [0.25, 0.3) is 0 Å². The van der Waals surface area contributed by atoms with Crippen molar-refractivity contribution >= 4 is 0 Å². The van der Waals surface area contributed by atoms with E-state index < -0.39 is 6.17 Å². The first-order chi connectivity index (χ1) is 5.89. The second-order valence-electron chi connectivity index (χ2n) is 4.48. The molecule has 3 heteroatoms. The van der Waals surface area contributed by atoms with Crippen molar-refractivity contribution in [2.45, 2.75) is 45.8 Å². The van der Waals surface area contributed by atoms with Gasteiger partial charge in [-0.25, -0.2) is 4.39 Å². The lowest BCUT2D eigenvalue weighted by molar-refractivity contribution is 0.309. The molecule has 0 aliphatic rings. The van der Waals surface area contributed by atoms with Crippen LogP contribution in [0.3, 0.4) is 0 Å². The lowest BCUT2D eigenvalue weighted by Crippen LogP contribution is -2.11. The molecule has 1 heterocycles. The fraction of sp³-hybridized carbons (Fsp3) is 0.700. The highest BCUT2D eigenvalue weighted by atomic mass is 19.1. The number of alkyl halides is 1. The van der Waals surface area contributed by atoms with Crippen LogP contribution in [-0.2, 0) is 12.0 Å². The van der Waals surface area contributed by atoms with Crippen LogP contribution in [0.4, 0.5) is 4.39 Å². The third kappa shape index (κ3) is 2.83. The summed E-state index contributed by atoms with van der Waals surface area (Å²) in [4.78, 5) is 0. The molecule has 0 spiro atoms. The van der Waals surface area contributed by atoms with E-state index in [1.807, 2.05) is 12.4 Å². The Hall–Kier alpha value is -0.860. The van der Waals surface area contributed by atoms with Crippen LogP contribution in [0.1, 0.15) is 33.3 Å². The van der Waals surface area contributed by atoms with Gasteiger partial charge in [0.05, 0.1) is 12.7 Å². The van der Waals surface area contributed by atoms with Crippen LogP contribution in [-0.4, -0.2) is 16.0 Å². The standard InChI is InChI=1S/C10H17FN2/c1-8(11)6-13-7-9(5-12-13)10(2,3)4/h5,7-8H,6H2,1-4H3. The Kier molecular flexibility index (Phi) is 2.74. The fourth-order valence-electron chi connectivity index (χ4n) is 1.11. The maximum Gasteiger partial charge on any atom is 0.117 e. The molecule has 0 aromatic carbocycles. The van der Waals surface area contributed by atoms with E-state index in [0.29, 0.717) is 6.54 Å². The summed E-state index contributed by atoms with van der Waals surface area (Å²) in [6, 6.07) is 0. The molecule has 0 aliphatic heterocycles. The Morgan fingerprint density at radius 1 is 1.54 bits per heavy atom. The summed E-state index contributed by atoms with van der Waals surface area (Å²) < 4.78 is 14.3. The first-order valence-corrected chi connectivity index (χ1v) is 4.56. The maximum atomic E-state index is 12.6. The van der Waals surface area contributed by atoms with Crippen molar-refractivity contribution in [2.24, 2.45) is 0 Å². The normalized spacial score (nSPS) is 14.5. The Bertz CT molecular complexity index is 271. The number of nitrogens with zero attached hydrogens (tertiary/aromatic N) is 2. The molecule has 0 bridgehead atoms. The van der Waals surface area contributed by atoms with Gasteiger partial charge in [-0.1, -0.05) is 20.8 Å². The van der Waals surface area contributed by atoms with Crippen LogP contribution in [0, 0.1) is 0 Å². The number of aromatic nitrogens is 2. The monoisotopic (exact) mass is 184 g/mol. The van der Waals surface area contributed by atoms with Gasteiger partial charge in [0.1, 0.15) is 6.17 Å². The first kappa shape index (κ1) is 10.2. The van der Waals surface area contributed by atoms with Crippen molar-refractivity contribution in [3.8, 4) is 0 Å². The minimum atomic E-state index is -0.840. The molecule has 0 saturated carbocycles. The van der Waals surface area contributed by atoms with Gasteiger partial charge in [0, 0.05) is 6.20 Å². The summed E-state index contributed by atoms with van der Waals surface area (Å²) in [5, 5.41) is 4.10. The van der Waals surface area contributed by atoms with E-state index in [-0.39, 0.29) is 5.41 Å². The Morgan fingerprint density at radius 3 is 2.54 bits per heavy atom. The van der Waals surface area contributed by atoms with Crippen molar-refractivity contribution in [3.05, 3.63) is 18.0 Å². The van der Waals surface area contributed by atoms with Gasteiger partial charge in [0.25, 0.3) is 0 Å². The molecule has 2 nitrogen and oxygen atoms in total. The maximum absolute atomic E-state index is 12.6. The summed E-state index contributed by atoms with van der Waals surface area (Å²) in [6.45, 7) is 8.24. The molecule has 1 rings (SSSR count). The molecular weight excluding hydrogens is 167 g/mol. The molecule has 0 aliphatic carbocycles. The van der Waals surface area contributed by atoms with Crippen LogP contribution in [0.2, 0.25) is 0 Å². The van der Waals surface area contributed by atoms with Gasteiger partial charge in [-0.15, -0.1) is 0 Å². The zero-order chi connectivity index (χ0) is 10.1. The molecule has 1 aromatic heterocycles. The molecule has 0 N–H and O–H groups in total. The molecule has 1 unspecified atom stereocenters. The summed E-state index contributed by atoms with van der Waals surface area (Å²) >= 11 is 0. The first-order valence-electron chi connectivity index (χ1n) is 4.56. The zero-order valence-electron chi connectivity index (χ0n) is 8.71. The largest absolute Gasteiger partial charge is 0.270 e. The van der Waals surface area contributed by atoms with Crippen molar-refractivity contribution in [2.75, 3.05) is 0 Å². The van der Waals surface area contributed by atoms with Crippen LogP contribution in [0.5, 0.6) is 0 Å². The van der Waals surface area contributed by atoms with Crippen LogP contribution >= 0.6 is 0 Å². The van der Waals surface area contributed by atoms with Crippen molar-refractivity contribution in [1.82, 2.24) is 9.78 Å². The third-order valence-electron chi connectivity index (χ3n) is 1.94. The molecule has 0 amide bonds. The Morgan fingerprint density at radius 2 is 2.15 bits per heavy atom. The molecule has 0 saturated heterocycles. The molecule has 0 radical (unpaired) electrons. The van der Waals surface area contributed by atoms with Crippen molar-refractivity contribution in [1.29, 1.82) is 0 Å². The molecule has 1 atom stereocenters. The van der Waals surface area contributed by atoms with Crippen molar-refractivity contribution in [3.63, 3.8) is 0 Å². The highest BCUT2D eigenvalue weighted by Gasteiger charge is 2.15. The van der Waals surface area contributed by atoms with Gasteiger partial charge >= 0.3 is 0 Å². The lowest BCUT2D eigenvalue weighted by Gasteiger charge is -2.15. The lowest BCUT2D eigenvalue weighted by atomic mass is 9.90. The van der Waals surface area contributed by atoms with E-state index >= 15 is 0 Å². The minimum absolute atomic E-state index is 0.0950. The predicted molar refractivity (Wildman–Crippen MR) is 51.5 cm³/mol. The Balaban J connectivity index is 2.75. The van der Waals surface area contributed by atoms with Gasteiger partial charge in [-0.3, -0.25) is 4.68 Å². The topological polar surface area (TPSA) is 17.8 Å². The highest BCUT2D eigenvalue weighted by molar-refractivity contribution is 5.14. The van der Waals surface area contributed by atoms with Crippen molar-refractivity contribution < 1.29 is 4.39 Å². The predicted octanol–water partition coefficient (Wildman–Crippen LogP) is 2.54. The second-order valence-corrected chi connectivity index (χ2v) is 4.48. The Labute approximate surface area is 78.8 Å². The summed E-state index contributed by atoms with van der Waals surface area (Å²) in [6.07, 6.45) is 2.88. The van der Waals surface area contributed by atoms with E-state index in [1.54, 1.807) is 11.6 Å². The van der Waals surface area contributed by atoms with Gasteiger partial charge in [0.2, 0.25) is 0 Å². The van der Waals surface area contributed by atoms with E-state index in [2.05, 4.69) is 25.9 Å². The molecular formula is C10H17FN2. The third-order valence-corrected chi connectivity index (χ3v) is 1.94. The molecule has 0 fully saturated rings. The quantitative estimate of drug-likeness (QED) is 0.690. The second kappa shape index (κ2) is 3.48. The van der Waals surface area contributed by atoms with E-state index in [0.717, 1.165) is 5.56 Å². The SMILES string of the molecule is CC(F)Cn1cc(C(C)(C)C)cn1. The average molecular weight is 184 g/mol. The molecule has 1 aromatic rings. The summed E-state index contributed by atoms with van der Waals surface area (Å²) in [7, 11) is 0. The number of hydrogen-bond donors (Lipinski definition) is 0. The summed E-state index contributed by atoms with van der Waals surface area (Å²) in [5.74, 6) is 0.